The number of nitrogens with one attached hydrogen (secondary N) is 1. The van der Waals surface area contributed by atoms with E-state index >= 15 is 0 Å². The molecule has 25 heavy (non-hydrogen) atoms. The monoisotopic (exact) mass is 342 g/mol. The molecule has 0 aliphatic carbocycles. The molecular weight excluding hydrogens is 328 g/mol. The Morgan fingerprint density at radius 2 is 1.48 bits per heavy atom. The van der Waals surface area contributed by atoms with E-state index in [1.54, 1.807) is 12.1 Å². The van der Waals surface area contributed by atoms with Crippen molar-refractivity contribution in [2.24, 2.45) is 0 Å². The normalized spacial score (nSPS) is 12.8. The van der Waals surface area contributed by atoms with Crippen LogP contribution in [0.5, 0.6) is 17.2 Å². The van der Waals surface area contributed by atoms with Gasteiger partial charge in [-0.1, -0.05) is 12.1 Å². The molecule has 2 N–H and O–H groups in total. The smallest absolute Gasteiger partial charge is 0.284 e. The summed E-state index contributed by atoms with van der Waals surface area (Å²) in [6.07, 6.45) is 0. The van der Waals surface area contributed by atoms with Gasteiger partial charge in [0.1, 0.15) is 28.4 Å². The summed E-state index contributed by atoms with van der Waals surface area (Å²) >= 11 is 0. The van der Waals surface area contributed by atoms with Gasteiger partial charge in [0.05, 0.1) is 19.8 Å². The van der Waals surface area contributed by atoms with Crippen LogP contribution in [-0.2, 0) is 0 Å². The summed E-state index contributed by atoms with van der Waals surface area (Å²) in [6.45, 7) is 0. The van der Waals surface area contributed by atoms with Crippen LogP contribution in [0.1, 0.15) is 31.1 Å². The number of methoxy groups -OCH3 is 2. The number of benzene rings is 2. The molecule has 8 nitrogen and oxygen atoms in total. The highest BCUT2D eigenvalue weighted by Crippen LogP contribution is 2.36. The second kappa shape index (κ2) is 6.16. The van der Waals surface area contributed by atoms with E-state index in [0.717, 1.165) is 0 Å². The van der Waals surface area contributed by atoms with Gasteiger partial charge in [0.2, 0.25) is 0 Å². The molecule has 0 saturated carbocycles. The van der Waals surface area contributed by atoms with Gasteiger partial charge >= 0.3 is 0 Å². The topological polar surface area (TPSA) is 105 Å². The van der Waals surface area contributed by atoms with E-state index < -0.39 is 17.7 Å². The zero-order chi connectivity index (χ0) is 18.1. The molecule has 2 aromatic carbocycles. The molecular formula is C17H14N2O6. The lowest BCUT2D eigenvalue weighted by Crippen LogP contribution is -2.45. The summed E-state index contributed by atoms with van der Waals surface area (Å²) in [4.78, 5) is 37.5. The Hall–Kier alpha value is -3.55. The Balaban J connectivity index is 1.98. The molecule has 3 rings (SSSR count). The fourth-order valence-electron chi connectivity index (χ4n) is 2.57. The molecule has 0 aromatic heterocycles. The van der Waals surface area contributed by atoms with Gasteiger partial charge in [0, 0.05) is 0 Å². The lowest BCUT2D eigenvalue weighted by molar-refractivity contribution is 0.0515. The van der Waals surface area contributed by atoms with Crippen LogP contribution in [0.25, 0.3) is 0 Å². The summed E-state index contributed by atoms with van der Waals surface area (Å²) in [6, 6.07) is 8.77. The first kappa shape index (κ1) is 16.3. The number of phenols is 1. The lowest BCUT2D eigenvalue weighted by atomic mass is 10.1. The first-order valence-electron chi connectivity index (χ1n) is 7.22. The van der Waals surface area contributed by atoms with Crippen LogP contribution in [0.4, 0.5) is 0 Å². The van der Waals surface area contributed by atoms with Crippen molar-refractivity contribution in [2.45, 2.75) is 0 Å². The molecule has 128 valence electrons. The van der Waals surface area contributed by atoms with Crippen molar-refractivity contribution in [1.29, 1.82) is 0 Å². The van der Waals surface area contributed by atoms with Gasteiger partial charge in [0.15, 0.2) is 0 Å². The molecule has 8 heteroatoms. The molecule has 0 saturated heterocycles. The number of imide groups is 1. The molecule has 3 amide bonds. The number of nitrogens with zero attached hydrogens (tertiary/aromatic N) is 1. The maximum absolute atomic E-state index is 12.6. The third kappa shape index (κ3) is 2.53. The Morgan fingerprint density at radius 1 is 0.960 bits per heavy atom. The van der Waals surface area contributed by atoms with Gasteiger partial charge in [-0.05, 0) is 24.3 Å². The number of hydrogen-bond donors (Lipinski definition) is 2. The van der Waals surface area contributed by atoms with Crippen LogP contribution in [0.2, 0.25) is 0 Å². The van der Waals surface area contributed by atoms with Crippen molar-refractivity contribution < 1.29 is 29.0 Å². The predicted molar refractivity (Wildman–Crippen MR) is 85.6 cm³/mol. The number of hydrogen-bond acceptors (Lipinski definition) is 6. The largest absolute Gasteiger partial charge is 0.507 e. The zero-order valence-electron chi connectivity index (χ0n) is 13.4. The average Bonchev–Trinajstić information content (AvgIpc) is 2.87. The fraction of sp³-hybridized carbons (Fsp3) is 0.118. The van der Waals surface area contributed by atoms with Crippen LogP contribution in [0, 0.1) is 0 Å². The standard InChI is InChI=1S/C17H14N2O6/c1-24-11-7-8-12(25-2)14-13(11)16(22)19(17(14)23)18-15(21)9-5-3-4-6-10(9)20/h3-8,20H,1-2H3,(H,18,21). The van der Waals surface area contributed by atoms with E-state index in [1.165, 1.54) is 38.5 Å². The minimum Gasteiger partial charge on any atom is -0.507 e. The fourth-order valence-corrected chi connectivity index (χ4v) is 2.57. The van der Waals surface area contributed by atoms with E-state index in [1.807, 2.05) is 0 Å². The van der Waals surface area contributed by atoms with Crippen LogP contribution in [-0.4, -0.2) is 42.1 Å². The Bertz CT molecular complexity index is 850. The van der Waals surface area contributed by atoms with Gasteiger partial charge in [-0.2, -0.15) is 5.01 Å². The number of aromatic hydroxyl groups is 1. The summed E-state index contributed by atoms with van der Waals surface area (Å²) in [5.74, 6) is -2.20. The summed E-state index contributed by atoms with van der Waals surface area (Å²) in [5.41, 5.74) is 2.15. The van der Waals surface area contributed by atoms with E-state index in [-0.39, 0.29) is 33.9 Å². The third-order valence-corrected chi connectivity index (χ3v) is 3.76. The molecule has 0 radical (unpaired) electrons. The highest BCUT2D eigenvalue weighted by atomic mass is 16.5. The maximum Gasteiger partial charge on any atom is 0.284 e. The molecule has 0 atom stereocenters. The molecule has 1 aliphatic heterocycles. The average molecular weight is 342 g/mol. The van der Waals surface area contributed by atoms with E-state index in [2.05, 4.69) is 5.43 Å². The Labute approximate surface area is 142 Å². The number of hydrazine groups is 1. The van der Waals surface area contributed by atoms with Crippen LogP contribution in [0.15, 0.2) is 36.4 Å². The highest BCUT2D eigenvalue weighted by Gasteiger charge is 2.42. The van der Waals surface area contributed by atoms with Crippen molar-refractivity contribution >= 4 is 17.7 Å². The number of carbonyl (C=O) groups is 3. The van der Waals surface area contributed by atoms with Gasteiger partial charge < -0.3 is 14.6 Å². The van der Waals surface area contributed by atoms with Crippen molar-refractivity contribution in [2.75, 3.05) is 14.2 Å². The minimum atomic E-state index is -0.800. The molecule has 0 bridgehead atoms. The van der Waals surface area contributed by atoms with E-state index in [9.17, 15) is 19.5 Å². The van der Waals surface area contributed by atoms with Crippen LogP contribution < -0.4 is 14.9 Å². The Morgan fingerprint density at radius 3 is 1.96 bits per heavy atom. The van der Waals surface area contributed by atoms with Crippen molar-refractivity contribution in [1.82, 2.24) is 10.4 Å². The van der Waals surface area contributed by atoms with E-state index in [0.29, 0.717) is 5.01 Å². The second-order valence-electron chi connectivity index (χ2n) is 5.12. The number of rotatable bonds is 4. The van der Waals surface area contributed by atoms with Crippen molar-refractivity contribution in [3.63, 3.8) is 0 Å². The highest BCUT2D eigenvalue weighted by molar-refractivity contribution is 6.24. The van der Waals surface area contributed by atoms with E-state index in [4.69, 9.17) is 9.47 Å². The minimum absolute atomic E-state index is 0.00411. The molecule has 0 spiro atoms. The predicted octanol–water partition coefficient (Wildman–Crippen LogP) is 1.35. The van der Waals surface area contributed by atoms with Crippen molar-refractivity contribution in [3.05, 3.63) is 53.1 Å². The third-order valence-electron chi connectivity index (χ3n) is 3.76. The molecule has 0 unspecified atom stereocenters. The van der Waals surface area contributed by atoms with Crippen LogP contribution in [0.3, 0.4) is 0 Å². The number of carbonyl (C=O) groups excluding carboxylic acids is 3. The lowest BCUT2D eigenvalue weighted by Gasteiger charge is -2.15. The Kier molecular flexibility index (Phi) is 4.02. The SMILES string of the molecule is COc1ccc(OC)c2c1C(=O)N(NC(=O)c1ccccc1O)C2=O. The van der Waals surface area contributed by atoms with Gasteiger partial charge in [-0.3, -0.25) is 19.8 Å². The summed E-state index contributed by atoms with van der Waals surface area (Å²) in [5, 5.41) is 10.3. The maximum atomic E-state index is 12.6. The second-order valence-corrected chi connectivity index (χ2v) is 5.12. The number of phenolic OH excluding ortho intramolecular Hbond substituents is 1. The molecule has 1 aliphatic rings. The number of ether oxygens (including phenoxy) is 2. The summed E-state index contributed by atoms with van der Waals surface area (Å²) in [7, 11) is 2.73. The van der Waals surface area contributed by atoms with Gasteiger partial charge in [0.25, 0.3) is 17.7 Å². The first-order valence-corrected chi connectivity index (χ1v) is 7.22. The number of amides is 3. The number of fused-ring (bicyclic) bond motifs is 1. The molecule has 0 fully saturated rings. The summed E-state index contributed by atoms with van der Waals surface area (Å²) < 4.78 is 10.2. The zero-order valence-corrected chi connectivity index (χ0v) is 13.4. The molecule has 1 heterocycles. The quantitative estimate of drug-likeness (QED) is 0.813. The van der Waals surface area contributed by atoms with Crippen molar-refractivity contribution in [3.8, 4) is 17.2 Å². The van der Waals surface area contributed by atoms with Gasteiger partial charge in [-0.15, -0.1) is 0 Å². The molecule has 2 aromatic rings. The number of para-hydroxylation sites is 1. The van der Waals surface area contributed by atoms with Gasteiger partial charge in [-0.25, -0.2) is 0 Å². The van der Waals surface area contributed by atoms with Crippen LogP contribution >= 0.6 is 0 Å². The first-order chi connectivity index (χ1) is 12.0.